The molecule has 3 atom stereocenters. The summed E-state index contributed by atoms with van der Waals surface area (Å²) in [6.45, 7) is 6.35. The van der Waals surface area contributed by atoms with Crippen LogP contribution in [0.25, 0.3) is 0 Å². The summed E-state index contributed by atoms with van der Waals surface area (Å²) in [4.78, 5) is 3.97. The van der Waals surface area contributed by atoms with Gasteiger partial charge in [-0.15, -0.1) is 0 Å². The molecule has 2 aromatic carbocycles. The lowest BCUT2D eigenvalue weighted by Gasteiger charge is -2.13. The molecule has 3 rings (SSSR count). The summed E-state index contributed by atoms with van der Waals surface area (Å²) in [6.07, 6.45) is 0. The Morgan fingerprint density at radius 2 is 1.65 bits per heavy atom. The second-order valence-electron chi connectivity index (χ2n) is 6.38. The number of benzene rings is 2. The van der Waals surface area contributed by atoms with Gasteiger partial charge in [0.15, 0.2) is 0 Å². The van der Waals surface area contributed by atoms with E-state index < -0.39 is 10.8 Å². The lowest BCUT2D eigenvalue weighted by atomic mass is 10.1. The molecule has 1 saturated heterocycles. The summed E-state index contributed by atoms with van der Waals surface area (Å²) in [5.74, 6) is 0.655. The summed E-state index contributed by atoms with van der Waals surface area (Å²) < 4.78 is 13.0. The molecule has 1 aliphatic rings. The Balaban J connectivity index is 1.87. The van der Waals surface area contributed by atoms with Crippen LogP contribution in [0.15, 0.2) is 58.3 Å². The summed E-state index contributed by atoms with van der Waals surface area (Å²) in [5, 5.41) is 9.49. The molecule has 0 bridgehead atoms. The highest BCUT2D eigenvalue weighted by molar-refractivity contribution is 7.85. The van der Waals surface area contributed by atoms with Gasteiger partial charge in [0.2, 0.25) is 0 Å². The SMILES string of the molecule is CC(C)[C@H]1CN1Cc1ccccc1[S@@](=O)c1ccccc1CO. The molecular formula is C19H23NO2S. The summed E-state index contributed by atoms with van der Waals surface area (Å²) in [6, 6.07) is 16.0. The maximum atomic E-state index is 13.0. The zero-order chi connectivity index (χ0) is 16.4. The Hall–Kier alpha value is -1.49. The van der Waals surface area contributed by atoms with Crippen molar-refractivity contribution in [1.82, 2.24) is 4.90 Å². The van der Waals surface area contributed by atoms with Gasteiger partial charge in [-0.1, -0.05) is 50.2 Å². The second kappa shape index (κ2) is 6.95. The lowest BCUT2D eigenvalue weighted by Crippen LogP contribution is -2.10. The molecule has 1 unspecified atom stereocenters. The minimum atomic E-state index is -1.27. The molecule has 4 heteroatoms. The number of hydrogen-bond acceptors (Lipinski definition) is 3. The molecule has 1 heterocycles. The molecule has 1 aliphatic heterocycles. The maximum Gasteiger partial charge on any atom is 0.0856 e. The zero-order valence-corrected chi connectivity index (χ0v) is 14.4. The topological polar surface area (TPSA) is 40.3 Å². The number of rotatable bonds is 6. The third kappa shape index (κ3) is 3.55. The van der Waals surface area contributed by atoms with Crippen molar-refractivity contribution >= 4 is 10.8 Å². The van der Waals surface area contributed by atoms with E-state index in [1.165, 1.54) is 0 Å². The molecule has 0 amide bonds. The molecule has 0 spiro atoms. The number of nitrogens with zero attached hydrogens (tertiary/aromatic N) is 1. The van der Waals surface area contributed by atoms with E-state index in [0.717, 1.165) is 29.1 Å². The predicted molar refractivity (Wildman–Crippen MR) is 92.5 cm³/mol. The number of aliphatic hydroxyl groups is 1. The molecule has 23 heavy (non-hydrogen) atoms. The maximum absolute atomic E-state index is 13.0. The molecule has 0 radical (unpaired) electrons. The fourth-order valence-corrected chi connectivity index (χ4v) is 4.36. The third-order valence-electron chi connectivity index (χ3n) is 4.42. The Kier molecular flexibility index (Phi) is 4.95. The smallest absolute Gasteiger partial charge is 0.0856 e. The number of aliphatic hydroxyl groups excluding tert-OH is 1. The van der Waals surface area contributed by atoms with Gasteiger partial charge in [-0.25, -0.2) is 4.21 Å². The van der Waals surface area contributed by atoms with Gasteiger partial charge >= 0.3 is 0 Å². The van der Waals surface area contributed by atoms with E-state index in [9.17, 15) is 9.32 Å². The van der Waals surface area contributed by atoms with Crippen LogP contribution in [-0.2, 0) is 24.0 Å². The summed E-state index contributed by atoms with van der Waals surface area (Å²) in [7, 11) is -1.27. The molecular weight excluding hydrogens is 306 g/mol. The molecule has 0 aromatic heterocycles. The number of hydrogen-bond donors (Lipinski definition) is 1. The van der Waals surface area contributed by atoms with E-state index in [2.05, 4.69) is 24.8 Å². The quantitative estimate of drug-likeness (QED) is 0.828. The van der Waals surface area contributed by atoms with Crippen LogP contribution in [0.1, 0.15) is 25.0 Å². The predicted octanol–water partition coefficient (Wildman–Crippen LogP) is 3.19. The van der Waals surface area contributed by atoms with Gasteiger partial charge in [0.1, 0.15) is 0 Å². The van der Waals surface area contributed by atoms with Crippen molar-refractivity contribution in [2.75, 3.05) is 6.54 Å². The van der Waals surface area contributed by atoms with Crippen LogP contribution in [0.2, 0.25) is 0 Å². The molecule has 0 aliphatic carbocycles. The standard InChI is InChI=1S/C19H23NO2S/c1-14(2)17-12-20(17)11-15-7-3-5-9-18(15)23(22)19-10-6-4-8-16(19)13-21/h3-10,14,17,21H,11-13H2,1-2H3/t17-,20?,23-/m1/s1. The summed E-state index contributed by atoms with van der Waals surface area (Å²) in [5.41, 5.74) is 1.84. The molecule has 122 valence electrons. The highest BCUT2D eigenvalue weighted by atomic mass is 32.2. The van der Waals surface area contributed by atoms with Crippen molar-refractivity contribution in [3.8, 4) is 0 Å². The van der Waals surface area contributed by atoms with Crippen LogP contribution >= 0.6 is 0 Å². The van der Waals surface area contributed by atoms with Crippen LogP contribution in [0.4, 0.5) is 0 Å². The van der Waals surface area contributed by atoms with Crippen LogP contribution in [0, 0.1) is 5.92 Å². The fourth-order valence-electron chi connectivity index (χ4n) is 2.98. The van der Waals surface area contributed by atoms with Crippen molar-refractivity contribution in [3.05, 3.63) is 59.7 Å². The van der Waals surface area contributed by atoms with Gasteiger partial charge in [0.25, 0.3) is 0 Å². The van der Waals surface area contributed by atoms with E-state index in [1.54, 1.807) is 0 Å². The van der Waals surface area contributed by atoms with E-state index >= 15 is 0 Å². The van der Waals surface area contributed by atoms with Crippen LogP contribution in [0.5, 0.6) is 0 Å². The van der Waals surface area contributed by atoms with E-state index in [4.69, 9.17) is 0 Å². The zero-order valence-electron chi connectivity index (χ0n) is 13.6. The van der Waals surface area contributed by atoms with Gasteiger partial charge < -0.3 is 5.11 Å². The van der Waals surface area contributed by atoms with Gasteiger partial charge in [-0.05, 0) is 29.2 Å². The Morgan fingerprint density at radius 3 is 2.22 bits per heavy atom. The highest BCUT2D eigenvalue weighted by Gasteiger charge is 2.36. The Morgan fingerprint density at radius 1 is 1.09 bits per heavy atom. The normalized spacial score (nSPS) is 21.4. The van der Waals surface area contributed by atoms with Crippen molar-refractivity contribution in [1.29, 1.82) is 0 Å². The molecule has 3 nitrogen and oxygen atoms in total. The average Bonchev–Trinajstić information content (AvgIpc) is 3.34. The Labute approximate surface area is 140 Å². The van der Waals surface area contributed by atoms with E-state index in [-0.39, 0.29) is 6.61 Å². The van der Waals surface area contributed by atoms with E-state index in [0.29, 0.717) is 16.9 Å². The first-order valence-electron chi connectivity index (χ1n) is 8.04. The van der Waals surface area contributed by atoms with Gasteiger partial charge in [0, 0.05) is 28.9 Å². The minimum Gasteiger partial charge on any atom is -0.392 e. The fraction of sp³-hybridized carbons (Fsp3) is 0.368. The lowest BCUT2D eigenvalue weighted by molar-refractivity contribution is 0.278. The van der Waals surface area contributed by atoms with Gasteiger partial charge in [-0.3, -0.25) is 4.90 Å². The Bertz CT molecular complexity index is 714. The first kappa shape index (κ1) is 16.4. The monoisotopic (exact) mass is 329 g/mol. The van der Waals surface area contributed by atoms with E-state index in [1.807, 2.05) is 42.5 Å². The van der Waals surface area contributed by atoms with Crippen molar-refractivity contribution in [3.63, 3.8) is 0 Å². The van der Waals surface area contributed by atoms with Crippen LogP contribution in [-0.4, -0.2) is 26.8 Å². The van der Waals surface area contributed by atoms with Gasteiger partial charge in [-0.2, -0.15) is 0 Å². The minimum absolute atomic E-state index is 0.0916. The van der Waals surface area contributed by atoms with Crippen LogP contribution in [0.3, 0.4) is 0 Å². The molecule has 2 aromatic rings. The van der Waals surface area contributed by atoms with Crippen molar-refractivity contribution in [2.24, 2.45) is 5.92 Å². The largest absolute Gasteiger partial charge is 0.392 e. The second-order valence-corrected chi connectivity index (χ2v) is 7.80. The third-order valence-corrected chi connectivity index (χ3v) is 6.01. The molecule has 1 N–H and O–H groups in total. The van der Waals surface area contributed by atoms with Crippen molar-refractivity contribution < 1.29 is 9.32 Å². The molecule has 0 saturated carbocycles. The summed E-state index contributed by atoms with van der Waals surface area (Å²) >= 11 is 0. The first-order chi connectivity index (χ1) is 11.1. The molecule has 1 fully saturated rings. The van der Waals surface area contributed by atoms with Gasteiger partial charge in [0.05, 0.1) is 17.4 Å². The first-order valence-corrected chi connectivity index (χ1v) is 9.19. The van der Waals surface area contributed by atoms with Crippen molar-refractivity contribution in [2.45, 2.75) is 42.8 Å². The average molecular weight is 329 g/mol. The highest BCUT2D eigenvalue weighted by Crippen LogP contribution is 2.30. The van der Waals surface area contributed by atoms with Crippen LogP contribution < -0.4 is 0 Å².